The van der Waals surface area contributed by atoms with Crippen molar-refractivity contribution in [2.75, 3.05) is 0 Å². The number of rotatable bonds is 1. The predicted molar refractivity (Wildman–Crippen MR) is 42.6 cm³/mol. The van der Waals surface area contributed by atoms with Gasteiger partial charge in [0.15, 0.2) is 0 Å². The molecule has 2 bridgehead atoms. The zero-order valence-electron chi connectivity index (χ0n) is 6.72. The molecule has 0 aromatic rings. The van der Waals surface area contributed by atoms with Crippen LogP contribution < -0.4 is 5.73 Å². The van der Waals surface area contributed by atoms with Crippen molar-refractivity contribution in [3.8, 4) is 0 Å². The zero-order valence-corrected chi connectivity index (χ0v) is 6.72. The fraction of sp³-hybridized carbons (Fsp3) is 1.00. The normalized spacial score (nSPS) is 48.0. The van der Waals surface area contributed by atoms with Gasteiger partial charge in [-0.2, -0.15) is 0 Å². The van der Waals surface area contributed by atoms with Gasteiger partial charge in [-0.15, -0.1) is 0 Å². The van der Waals surface area contributed by atoms with Crippen molar-refractivity contribution in [1.29, 1.82) is 0 Å². The summed E-state index contributed by atoms with van der Waals surface area (Å²) in [5, 5.41) is 0. The molecular formula is C9H17N. The average molecular weight is 139 g/mol. The SMILES string of the molecule is C[C@H](N)[C@H]1C[C@H]2CC[C@H]1C2. The molecule has 10 heavy (non-hydrogen) atoms. The van der Waals surface area contributed by atoms with Gasteiger partial charge in [-0.25, -0.2) is 0 Å². The predicted octanol–water partition coefficient (Wildman–Crippen LogP) is 1.77. The quantitative estimate of drug-likeness (QED) is 0.588. The number of hydrogen-bond donors (Lipinski definition) is 1. The smallest absolute Gasteiger partial charge is 0.00415 e. The molecule has 0 amide bonds. The average Bonchev–Trinajstić information content (AvgIpc) is 2.44. The molecule has 0 aromatic carbocycles. The number of fused-ring (bicyclic) bond motifs is 2. The van der Waals surface area contributed by atoms with E-state index in [1.807, 2.05) is 0 Å². The molecule has 0 unspecified atom stereocenters. The van der Waals surface area contributed by atoms with Crippen molar-refractivity contribution in [1.82, 2.24) is 0 Å². The van der Waals surface area contributed by atoms with Gasteiger partial charge in [0, 0.05) is 6.04 Å². The summed E-state index contributed by atoms with van der Waals surface area (Å²) in [6.45, 7) is 2.17. The third-order valence-electron chi connectivity index (χ3n) is 3.47. The van der Waals surface area contributed by atoms with Crippen LogP contribution in [0.5, 0.6) is 0 Å². The lowest BCUT2D eigenvalue weighted by Crippen LogP contribution is -2.30. The molecule has 0 aliphatic heterocycles. The Bertz CT molecular complexity index is 131. The first kappa shape index (κ1) is 6.66. The summed E-state index contributed by atoms with van der Waals surface area (Å²) in [5.74, 6) is 2.93. The topological polar surface area (TPSA) is 26.0 Å². The summed E-state index contributed by atoms with van der Waals surface area (Å²) in [6.07, 6.45) is 5.89. The van der Waals surface area contributed by atoms with Crippen LogP contribution >= 0.6 is 0 Å². The lowest BCUT2D eigenvalue weighted by molar-refractivity contribution is 0.293. The fourth-order valence-electron chi connectivity index (χ4n) is 2.94. The van der Waals surface area contributed by atoms with Crippen molar-refractivity contribution in [2.24, 2.45) is 23.5 Å². The third-order valence-corrected chi connectivity index (χ3v) is 3.47. The van der Waals surface area contributed by atoms with Crippen molar-refractivity contribution >= 4 is 0 Å². The Morgan fingerprint density at radius 3 is 2.40 bits per heavy atom. The highest BCUT2D eigenvalue weighted by atomic mass is 14.7. The molecule has 2 aliphatic rings. The van der Waals surface area contributed by atoms with E-state index in [9.17, 15) is 0 Å². The largest absolute Gasteiger partial charge is 0.328 e. The van der Waals surface area contributed by atoms with E-state index in [0.717, 1.165) is 17.8 Å². The van der Waals surface area contributed by atoms with Crippen LogP contribution in [0.15, 0.2) is 0 Å². The van der Waals surface area contributed by atoms with Gasteiger partial charge in [0.25, 0.3) is 0 Å². The van der Waals surface area contributed by atoms with Crippen molar-refractivity contribution in [3.63, 3.8) is 0 Å². The number of hydrogen-bond acceptors (Lipinski definition) is 1. The molecule has 2 saturated carbocycles. The minimum atomic E-state index is 0.454. The molecule has 58 valence electrons. The maximum Gasteiger partial charge on any atom is 0.00415 e. The Hall–Kier alpha value is -0.0400. The third kappa shape index (κ3) is 0.878. The van der Waals surface area contributed by atoms with Crippen molar-refractivity contribution < 1.29 is 0 Å². The van der Waals surface area contributed by atoms with Crippen molar-refractivity contribution in [3.05, 3.63) is 0 Å². The van der Waals surface area contributed by atoms with Gasteiger partial charge in [0.1, 0.15) is 0 Å². The van der Waals surface area contributed by atoms with Gasteiger partial charge >= 0.3 is 0 Å². The summed E-state index contributed by atoms with van der Waals surface area (Å²) < 4.78 is 0. The lowest BCUT2D eigenvalue weighted by atomic mass is 9.84. The van der Waals surface area contributed by atoms with Gasteiger partial charge in [0.05, 0.1) is 0 Å². The van der Waals surface area contributed by atoms with Crippen LogP contribution in [0.2, 0.25) is 0 Å². The highest BCUT2D eigenvalue weighted by Gasteiger charge is 2.40. The highest BCUT2D eigenvalue weighted by Crippen LogP contribution is 2.49. The van der Waals surface area contributed by atoms with Gasteiger partial charge in [-0.05, 0) is 43.9 Å². The first-order valence-electron chi connectivity index (χ1n) is 4.53. The molecule has 2 N–H and O–H groups in total. The monoisotopic (exact) mass is 139 g/mol. The second-order valence-electron chi connectivity index (χ2n) is 4.20. The summed E-state index contributed by atoms with van der Waals surface area (Å²) in [6, 6.07) is 0.454. The Morgan fingerprint density at radius 2 is 2.10 bits per heavy atom. The summed E-state index contributed by atoms with van der Waals surface area (Å²) in [5.41, 5.74) is 5.88. The molecule has 0 radical (unpaired) electrons. The Morgan fingerprint density at radius 1 is 1.30 bits per heavy atom. The molecule has 0 spiro atoms. The van der Waals surface area contributed by atoms with E-state index in [4.69, 9.17) is 5.73 Å². The Kier molecular flexibility index (Phi) is 1.48. The van der Waals surface area contributed by atoms with E-state index in [-0.39, 0.29) is 0 Å². The molecule has 2 fully saturated rings. The Labute approximate surface area is 63.0 Å². The molecule has 2 aliphatic carbocycles. The first-order valence-corrected chi connectivity index (χ1v) is 4.53. The van der Waals surface area contributed by atoms with Crippen molar-refractivity contribution in [2.45, 2.75) is 38.6 Å². The first-order chi connectivity index (χ1) is 4.77. The van der Waals surface area contributed by atoms with E-state index in [1.165, 1.54) is 25.7 Å². The van der Waals surface area contributed by atoms with Gasteiger partial charge < -0.3 is 5.73 Å². The molecule has 1 nitrogen and oxygen atoms in total. The summed E-state index contributed by atoms with van der Waals surface area (Å²) >= 11 is 0. The van der Waals surface area contributed by atoms with Crippen LogP contribution in [-0.2, 0) is 0 Å². The Balaban J connectivity index is 2.02. The van der Waals surface area contributed by atoms with Crippen LogP contribution in [0.4, 0.5) is 0 Å². The molecule has 4 atom stereocenters. The zero-order chi connectivity index (χ0) is 7.14. The molecule has 2 rings (SSSR count). The highest BCUT2D eigenvalue weighted by molar-refractivity contribution is 4.92. The van der Waals surface area contributed by atoms with Crippen LogP contribution in [0.25, 0.3) is 0 Å². The van der Waals surface area contributed by atoms with Crippen LogP contribution in [0.1, 0.15) is 32.6 Å². The minimum Gasteiger partial charge on any atom is -0.328 e. The maximum absolute atomic E-state index is 5.88. The molecule has 1 heteroatoms. The second kappa shape index (κ2) is 2.23. The number of nitrogens with two attached hydrogens (primary N) is 1. The lowest BCUT2D eigenvalue weighted by Gasteiger charge is -2.24. The van der Waals surface area contributed by atoms with Crippen LogP contribution in [0, 0.1) is 17.8 Å². The van der Waals surface area contributed by atoms with Gasteiger partial charge in [-0.1, -0.05) is 6.42 Å². The molecular weight excluding hydrogens is 122 g/mol. The summed E-state index contributed by atoms with van der Waals surface area (Å²) in [4.78, 5) is 0. The minimum absolute atomic E-state index is 0.454. The van der Waals surface area contributed by atoms with E-state index in [0.29, 0.717) is 6.04 Å². The standard InChI is InChI=1S/C9H17N/c1-6(10)9-5-7-2-3-8(9)4-7/h6-9H,2-5,10H2,1H3/t6-,7-,8-,9+/m0/s1. The molecule has 0 aromatic heterocycles. The van der Waals surface area contributed by atoms with Gasteiger partial charge in [0.2, 0.25) is 0 Å². The van der Waals surface area contributed by atoms with Gasteiger partial charge in [-0.3, -0.25) is 0 Å². The van der Waals surface area contributed by atoms with Crippen LogP contribution in [-0.4, -0.2) is 6.04 Å². The summed E-state index contributed by atoms with van der Waals surface area (Å²) in [7, 11) is 0. The van der Waals surface area contributed by atoms with E-state index < -0.39 is 0 Å². The second-order valence-corrected chi connectivity index (χ2v) is 4.20. The molecule has 0 saturated heterocycles. The fourth-order valence-corrected chi connectivity index (χ4v) is 2.94. The molecule has 0 heterocycles. The van der Waals surface area contributed by atoms with E-state index >= 15 is 0 Å². The van der Waals surface area contributed by atoms with E-state index in [2.05, 4.69) is 6.92 Å². The maximum atomic E-state index is 5.88. The van der Waals surface area contributed by atoms with E-state index in [1.54, 1.807) is 0 Å². The van der Waals surface area contributed by atoms with Crippen LogP contribution in [0.3, 0.4) is 0 Å².